The van der Waals surface area contributed by atoms with Gasteiger partial charge in [0.15, 0.2) is 5.13 Å². The van der Waals surface area contributed by atoms with Crippen LogP contribution in [0.4, 0.5) is 5.13 Å². The van der Waals surface area contributed by atoms with Crippen LogP contribution in [-0.4, -0.2) is 22.0 Å². The molecule has 0 fully saturated rings. The normalized spacial score (nSPS) is 10.5. The van der Waals surface area contributed by atoms with Crippen LogP contribution in [0.2, 0.25) is 0 Å². The average Bonchev–Trinajstić information content (AvgIpc) is 2.58. The Hall–Kier alpha value is -1.89. The predicted molar refractivity (Wildman–Crippen MR) is 53.1 cm³/mol. The highest BCUT2D eigenvalue weighted by molar-refractivity contribution is 7.22. The highest BCUT2D eigenvalue weighted by Gasteiger charge is 2.14. The maximum atomic E-state index is 10.7. The van der Waals surface area contributed by atoms with Crippen LogP contribution in [0.5, 0.6) is 0 Å². The molecular weight excluding hydrogens is 220 g/mol. The molecule has 15 heavy (non-hydrogen) atoms. The van der Waals surface area contributed by atoms with Gasteiger partial charge in [0.2, 0.25) is 17.4 Å². The van der Waals surface area contributed by atoms with Crippen LogP contribution in [0, 0.1) is 0 Å². The third-order valence-electron chi connectivity index (χ3n) is 1.58. The SMILES string of the molecule is CC(=O)Nc1nc2oc(C(=O)O)cc2s1. The lowest BCUT2D eigenvalue weighted by Crippen LogP contribution is -2.04. The predicted octanol–water partition coefficient (Wildman–Crippen LogP) is 1.55. The maximum Gasteiger partial charge on any atom is 0.371 e. The average molecular weight is 226 g/mol. The van der Waals surface area contributed by atoms with E-state index in [9.17, 15) is 9.59 Å². The molecule has 0 saturated carbocycles. The summed E-state index contributed by atoms with van der Waals surface area (Å²) < 4.78 is 5.53. The molecule has 0 radical (unpaired) electrons. The molecule has 0 aliphatic carbocycles. The molecule has 0 unspecified atom stereocenters. The molecule has 2 aromatic rings. The molecule has 0 atom stereocenters. The number of nitrogens with one attached hydrogen (secondary N) is 1. The summed E-state index contributed by atoms with van der Waals surface area (Å²) in [6.45, 7) is 1.37. The molecule has 1 amide bonds. The number of rotatable bonds is 2. The lowest BCUT2D eigenvalue weighted by molar-refractivity contribution is -0.114. The molecule has 2 rings (SSSR count). The molecule has 0 bridgehead atoms. The Bertz CT molecular complexity index is 510. The first kappa shape index (κ1) is 9.66. The summed E-state index contributed by atoms with van der Waals surface area (Å²) in [5.41, 5.74) is 0.223. The highest BCUT2D eigenvalue weighted by atomic mass is 32.1. The van der Waals surface area contributed by atoms with Crippen molar-refractivity contribution in [1.82, 2.24) is 4.98 Å². The molecule has 0 aromatic carbocycles. The van der Waals surface area contributed by atoms with Crippen molar-refractivity contribution in [2.24, 2.45) is 0 Å². The topological polar surface area (TPSA) is 92.4 Å². The van der Waals surface area contributed by atoms with Crippen LogP contribution in [0.15, 0.2) is 10.5 Å². The van der Waals surface area contributed by atoms with Crippen molar-refractivity contribution < 1.29 is 19.1 Å². The zero-order valence-corrected chi connectivity index (χ0v) is 8.42. The van der Waals surface area contributed by atoms with Gasteiger partial charge in [-0.05, 0) is 0 Å². The summed E-state index contributed by atoms with van der Waals surface area (Å²) >= 11 is 1.16. The number of hydrogen-bond acceptors (Lipinski definition) is 5. The van der Waals surface area contributed by atoms with Crippen LogP contribution in [0.1, 0.15) is 17.5 Å². The van der Waals surface area contributed by atoms with Crippen molar-refractivity contribution in [2.45, 2.75) is 6.92 Å². The largest absolute Gasteiger partial charge is 0.475 e. The van der Waals surface area contributed by atoms with E-state index in [-0.39, 0.29) is 17.4 Å². The summed E-state index contributed by atoms with van der Waals surface area (Å²) in [7, 11) is 0. The first-order valence-electron chi connectivity index (χ1n) is 3.97. The van der Waals surface area contributed by atoms with E-state index < -0.39 is 5.97 Å². The lowest BCUT2D eigenvalue weighted by atomic mass is 10.5. The Balaban J connectivity index is 2.38. The molecule has 2 heterocycles. The molecule has 0 aliphatic rings. The first-order valence-corrected chi connectivity index (χ1v) is 4.79. The Kier molecular flexibility index (Phi) is 2.16. The molecule has 0 spiro atoms. The second kappa shape index (κ2) is 3.35. The number of carbonyl (C=O) groups excluding carboxylic acids is 1. The monoisotopic (exact) mass is 226 g/mol. The van der Waals surface area contributed by atoms with Crippen LogP contribution in [-0.2, 0) is 4.79 Å². The van der Waals surface area contributed by atoms with Gasteiger partial charge in [-0.15, -0.1) is 0 Å². The number of hydrogen-bond donors (Lipinski definition) is 2. The summed E-state index contributed by atoms with van der Waals surface area (Å²) in [6.07, 6.45) is 0. The molecule has 7 heteroatoms. The lowest BCUT2D eigenvalue weighted by Gasteiger charge is -1.91. The van der Waals surface area contributed by atoms with E-state index in [4.69, 9.17) is 9.52 Å². The van der Waals surface area contributed by atoms with Gasteiger partial charge in [-0.2, -0.15) is 4.98 Å². The van der Waals surface area contributed by atoms with Gasteiger partial charge < -0.3 is 14.8 Å². The quantitative estimate of drug-likeness (QED) is 0.810. The molecule has 0 aliphatic heterocycles. The van der Waals surface area contributed by atoms with Crippen molar-refractivity contribution in [2.75, 3.05) is 5.32 Å². The van der Waals surface area contributed by atoms with E-state index in [1.807, 2.05) is 0 Å². The smallest absolute Gasteiger partial charge is 0.371 e. The van der Waals surface area contributed by atoms with Gasteiger partial charge >= 0.3 is 5.97 Å². The van der Waals surface area contributed by atoms with E-state index in [0.29, 0.717) is 9.83 Å². The third-order valence-corrected chi connectivity index (χ3v) is 2.48. The van der Waals surface area contributed by atoms with Crippen molar-refractivity contribution in [3.8, 4) is 0 Å². The standard InChI is InChI=1S/C8H6N2O4S/c1-3(11)9-8-10-6-5(15-8)2-4(14-6)7(12)13/h2H,1H3,(H,12,13)(H,9,10,11). The van der Waals surface area contributed by atoms with Gasteiger partial charge in [-0.1, -0.05) is 11.3 Å². The number of fused-ring (bicyclic) bond motifs is 1. The highest BCUT2D eigenvalue weighted by Crippen LogP contribution is 2.28. The van der Waals surface area contributed by atoms with Gasteiger partial charge in [0, 0.05) is 13.0 Å². The number of furan rings is 1. The molecule has 2 aromatic heterocycles. The number of carbonyl (C=O) groups is 2. The number of nitrogens with zero attached hydrogens (tertiary/aromatic N) is 1. The molecule has 78 valence electrons. The molecule has 2 N–H and O–H groups in total. The summed E-state index contributed by atoms with van der Waals surface area (Å²) in [4.78, 5) is 25.2. The minimum Gasteiger partial charge on any atom is -0.475 e. The number of thiazole rings is 1. The van der Waals surface area contributed by atoms with E-state index in [1.54, 1.807) is 0 Å². The van der Waals surface area contributed by atoms with Crippen LogP contribution in [0.25, 0.3) is 10.4 Å². The Morgan fingerprint density at radius 1 is 1.60 bits per heavy atom. The van der Waals surface area contributed by atoms with Crippen LogP contribution in [0.3, 0.4) is 0 Å². The fourth-order valence-corrected chi connectivity index (χ4v) is 1.92. The van der Waals surface area contributed by atoms with Gasteiger partial charge in [-0.25, -0.2) is 4.79 Å². The fraction of sp³-hybridized carbons (Fsp3) is 0.125. The first-order chi connectivity index (χ1) is 7.06. The van der Waals surface area contributed by atoms with Crippen molar-refractivity contribution >= 4 is 38.8 Å². The number of carboxylic acids is 1. The van der Waals surface area contributed by atoms with E-state index in [1.165, 1.54) is 13.0 Å². The zero-order valence-electron chi connectivity index (χ0n) is 7.60. The van der Waals surface area contributed by atoms with Crippen LogP contribution >= 0.6 is 11.3 Å². The van der Waals surface area contributed by atoms with Gasteiger partial charge in [0.1, 0.15) is 0 Å². The number of amides is 1. The zero-order chi connectivity index (χ0) is 11.0. The maximum absolute atomic E-state index is 10.7. The van der Waals surface area contributed by atoms with Crippen LogP contribution < -0.4 is 5.32 Å². The van der Waals surface area contributed by atoms with Gasteiger partial charge in [0.05, 0.1) is 4.70 Å². The number of aromatic nitrogens is 1. The second-order valence-electron chi connectivity index (χ2n) is 2.79. The minimum absolute atomic E-state index is 0.155. The Morgan fingerprint density at radius 3 is 2.87 bits per heavy atom. The molecule has 6 nitrogen and oxygen atoms in total. The van der Waals surface area contributed by atoms with Gasteiger partial charge in [-0.3, -0.25) is 4.79 Å². The third kappa shape index (κ3) is 1.82. The van der Waals surface area contributed by atoms with Crippen molar-refractivity contribution in [3.63, 3.8) is 0 Å². The van der Waals surface area contributed by atoms with Crippen molar-refractivity contribution in [1.29, 1.82) is 0 Å². The van der Waals surface area contributed by atoms with E-state index in [0.717, 1.165) is 11.3 Å². The van der Waals surface area contributed by atoms with Crippen molar-refractivity contribution in [3.05, 3.63) is 11.8 Å². The molecule has 0 saturated heterocycles. The summed E-state index contributed by atoms with van der Waals surface area (Å²) in [5.74, 6) is -1.52. The Labute approximate surface area is 87.5 Å². The summed E-state index contributed by atoms with van der Waals surface area (Å²) in [6, 6.07) is 1.38. The fourth-order valence-electron chi connectivity index (χ4n) is 1.04. The Morgan fingerprint density at radius 2 is 2.33 bits per heavy atom. The summed E-state index contributed by atoms with van der Waals surface area (Å²) in [5, 5.41) is 11.5. The second-order valence-corrected chi connectivity index (χ2v) is 3.82. The number of carboxylic acid groups (broad SMARTS) is 1. The number of aromatic carboxylic acids is 1. The minimum atomic E-state index is -1.14. The van der Waals surface area contributed by atoms with E-state index in [2.05, 4.69) is 10.3 Å². The molecular formula is C8H6N2O4S. The van der Waals surface area contributed by atoms with Gasteiger partial charge in [0.25, 0.3) is 0 Å². The number of anilines is 1. The van der Waals surface area contributed by atoms with E-state index >= 15 is 0 Å².